The van der Waals surface area contributed by atoms with E-state index >= 15 is 0 Å². The van der Waals surface area contributed by atoms with Crippen molar-refractivity contribution in [1.29, 1.82) is 0 Å². The van der Waals surface area contributed by atoms with Gasteiger partial charge in [-0.25, -0.2) is 4.57 Å². The molecule has 1 heteroatoms. The number of pyridine rings is 1. The fourth-order valence-corrected chi connectivity index (χ4v) is 3.23. The van der Waals surface area contributed by atoms with Crippen LogP contribution in [0.4, 0.5) is 0 Å². The predicted octanol–water partition coefficient (Wildman–Crippen LogP) is 4.88. The third-order valence-corrected chi connectivity index (χ3v) is 4.08. The normalized spacial score (nSPS) is 11.5. The molecule has 0 saturated carbocycles. The van der Waals surface area contributed by atoms with Crippen LogP contribution in [0.15, 0.2) is 36.5 Å². The van der Waals surface area contributed by atoms with Crippen LogP contribution in [-0.4, -0.2) is 0 Å². The second kappa shape index (κ2) is 7.09. The SMILES string of the molecule is Cc1cc(CC(C)C)ccc1-c1c(CC(C)C)ccc[n+]1C. The third-order valence-electron chi connectivity index (χ3n) is 4.08. The summed E-state index contributed by atoms with van der Waals surface area (Å²) < 4.78 is 2.27. The molecule has 0 radical (unpaired) electrons. The minimum atomic E-state index is 0.668. The van der Waals surface area contributed by atoms with Crippen molar-refractivity contribution in [2.24, 2.45) is 18.9 Å². The molecule has 0 aliphatic carbocycles. The zero-order chi connectivity index (χ0) is 16.3. The van der Waals surface area contributed by atoms with Crippen LogP contribution < -0.4 is 4.57 Å². The van der Waals surface area contributed by atoms with E-state index in [1.54, 1.807) is 0 Å². The molecule has 0 bridgehead atoms. The molecule has 0 fully saturated rings. The molecule has 0 spiro atoms. The third kappa shape index (κ3) is 3.97. The topological polar surface area (TPSA) is 3.88 Å². The lowest BCUT2D eigenvalue weighted by molar-refractivity contribution is -0.660. The van der Waals surface area contributed by atoms with Gasteiger partial charge in [0.15, 0.2) is 6.20 Å². The summed E-state index contributed by atoms with van der Waals surface area (Å²) >= 11 is 0. The first-order valence-corrected chi connectivity index (χ1v) is 8.46. The van der Waals surface area contributed by atoms with Gasteiger partial charge in [0, 0.05) is 17.2 Å². The van der Waals surface area contributed by atoms with Crippen LogP contribution in [0, 0.1) is 18.8 Å². The molecule has 118 valence electrons. The molecule has 0 aliphatic heterocycles. The van der Waals surface area contributed by atoms with E-state index in [4.69, 9.17) is 0 Å². The molecule has 0 N–H and O–H groups in total. The molecule has 1 aromatic heterocycles. The number of nitrogens with zero attached hydrogens (tertiary/aromatic N) is 1. The summed E-state index contributed by atoms with van der Waals surface area (Å²) in [6, 6.07) is 11.4. The summed E-state index contributed by atoms with van der Waals surface area (Å²) in [5, 5.41) is 0. The molecular weight excluding hydrogens is 266 g/mol. The molecule has 2 rings (SSSR count). The summed E-state index contributed by atoms with van der Waals surface area (Å²) in [7, 11) is 2.15. The number of hydrogen-bond donors (Lipinski definition) is 0. The molecule has 1 aromatic carbocycles. The average molecular weight is 296 g/mol. The van der Waals surface area contributed by atoms with E-state index in [0.29, 0.717) is 11.8 Å². The van der Waals surface area contributed by atoms with Crippen LogP contribution >= 0.6 is 0 Å². The fraction of sp³-hybridized carbons (Fsp3) is 0.476. The smallest absolute Gasteiger partial charge is 0.201 e. The number of benzene rings is 1. The Balaban J connectivity index is 2.47. The summed E-state index contributed by atoms with van der Waals surface area (Å²) in [4.78, 5) is 0. The Morgan fingerprint density at radius 2 is 1.64 bits per heavy atom. The first-order valence-electron chi connectivity index (χ1n) is 8.46. The Labute approximate surface area is 136 Å². The van der Waals surface area contributed by atoms with Gasteiger partial charge in [-0.15, -0.1) is 0 Å². The van der Waals surface area contributed by atoms with Crippen molar-refractivity contribution in [3.63, 3.8) is 0 Å². The Kier molecular flexibility index (Phi) is 5.39. The molecule has 0 unspecified atom stereocenters. The minimum absolute atomic E-state index is 0.668. The minimum Gasteiger partial charge on any atom is -0.201 e. The van der Waals surface area contributed by atoms with Crippen LogP contribution in [0.5, 0.6) is 0 Å². The van der Waals surface area contributed by atoms with Gasteiger partial charge in [-0.05, 0) is 54.9 Å². The molecule has 1 nitrogen and oxygen atoms in total. The maximum Gasteiger partial charge on any atom is 0.215 e. The molecule has 0 amide bonds. The van der Waals surface area contributed by atoms with Gasteiger partial charge in [0.25, 0.3) is 0 Å². The van der Waals surface area contributed by atoms with Crippen molar-refractivity contribution >= 4 is 0 Å². The average Bonchev–Trinajstić information content (AvgIpc) is 2.39. The van der Waals surface area contributed by atoms with Crippen LogP contribution in [-0.2, 0) is 19.9 Å². The number of aryl methyl sites for hydroxylation is 2. The van der Waals surface area contributed by atoms with Crippen LogP contribution in [0.1, 0.15) is 44.4 Å². The van der Waals surface area contributed by atoms with Crippen molar-refractivity contribution in [3.8, 4) is 11.3 Å². The Hall–Kier alpha value is -1.63. The Bertz CT molecular complexity index is 638. The maximum absolute atomic E-state index is 2.36. The highest BCUT2D eigenvalue weighted by Gasteiger charge is 2.18. The number of aromatic nitrogens is 1. The lowest BCUT2D eigenvalue weighted by Crippen LogP contribution is -2.32. The zero-order valence-electron chi connectivity index (χ0n) is 15.0. The molecule has 2 aromatic rings. The fourth-order valence-electron chi connectivity index (χ4n) is 3.23. The van der Waals surface area contributed by atoms with Gasteiger partial charge >= 0.3 is 0 Å². The lowest BCUT2D eigenvalue weighted by Gasteiger charge is -2.13. The zero-order valence-corrected chi connectivity index (χ0v) is 15.0. The van der Waals surface area contributed by atoms with E-state index in [9.17, 15) is 0 Å². The highest BCUT2D eigenvalue weighted by atomic mass is 14.9. The number of rotatable bonds is 5. The van der Waals surface area contributed by atoms with E-state index < -0.39 is 0 Å². The second-order valence-electron chi connectivity index (χ2n) is 7.34. The van der Waals surface area contributed by atoms with Crippen molar-refractivity contribution in [2.75, 3.05) is 0 Å². The van der Waals surface area contributed by atoms with Gasteiger partial charge in [0.2, 0.25) is 5.69 Å². The van der Waals surface area contributed by atoms with Crippen LogP contribution in [0.25, 0.3) is 11.3 Å². The monoisotopic (exact) mass is 296 g/mol. The van der Waals surface area contributed by atoms with Crippen LogP contribution in [0.3, 0.4) is 0 Å². The standard InChI is InChI=1S/C21H30N/c1-15(2)12-18-9-10-20(17(5)14-18)21-19(13-16(3)4)8-7-11-22(21)6/h7-11,14-16H,12-13H2,1-6H3/q+1. The van der Waals surface area contributed by atoms with Gasteiger partial charge in [0.1, 0.15) is 7.05 Å². The van der Waals surface area contributed by atoms with Crippen molar-refractivity contribution < 1.29 is 4.57 Å². The molecule has 0 aliphatic rings. The van der Waals surface area contributed by atoms with Crippen molar-refractivity contribution in [3.05, 3.63) is 53.2 Å². The highest BCUT2D eigenvalue weighted by molar-refractivity contribution is 5.64. The van der Waals surface area contributed by atoms with E-state index in [1.807, 2.05) is 0 Å². The van der Waals surface area contributed by atoms with Gasteiger partial charge < -0.3 is 0 Å². The Morgan fingerprint density at radius 3 is 2.23 bits per heavy atom. The van der Waals surface area contributed by atoms with E-state index in [-0.39, 0.29) is 0 Å². The maximum atomic E-state index is 2.36. The summed E-state index contributed by atoms with van der Waals surface area (Å²) in [5.74, 6) is 1.37. The first-order chi connectivity index (χ1) is 10.4. The predicted molar refractivity (Wildman–Crippen MR) is 94.9 cm³/mol. The summed E-state index contributed by atoms with van der Waals surface area (Å²) in [6.07, 6.45) is 4.43. The summed E-state index contributed by atoms with van der Waals surface area (Å²) in [5.41, 5.74) is 7.00. The molecule has 0 atom stereocenters. The quantitative estimate of drug-likeness (QED) is 0.692. The molecular formula is C21H30N+. The van der Waals surface area contributed by atoms with Gasteiger partial charge in [-0.3, -0.25) is 0 Å². The lowest BCUT2D eigenvalue weighted by atomic mass is 9.93. The van der Waals surface area contributed by atoms with E-state index in [2.05, 4.69) is 82.8 Å². The molecule has 22 heavy (non-hydrogen) atoms. The van der Waals surface area contributed by atoms with Crippen molar-refractivity contribution in [2.45, 2.75) is 47.5 Å². The first kappa shape index (κ1) is 16.7. The van der Waals surface area contributed by atoms with Crippen molar-refractivity contribution in [1.82, 2.24) is 0 Å². The van der Waals surface area contributed by atoms with Gasteiger partial charge in [-0.2, -0.15) is 0 Å². The van der Waals surface area contributed by atoms with Gasteiger partial charge in [-0.1, -0.05) is 39.8 Å². The van der Waals surface area contributed by atoms with Gasteiger partial charge in [0.05, 0.1) is 0 Å². The van der Waals surface area contributed by atoms with E-state index in [0.717, 1.165) is 12.8 Å². The van der Waals surface area contributed by atoms with Crippen LogP contribution in [0.2, 0.25) is 0 Å². The largest absolute Gasteiger partial charge is 0.215 e. The second-order valence-corrected chi connectivity index (χ2v) is 7.34. The molecule has 0 saturated heterocycles. The van der Waals surface area contributed by atoms with E-state index in [1.165, 1.54) is 27.9 Å². The number of hydrogen-bond acceptors (Lipinski definition) is 0. The molecule has 1 heterocycles. The Morgan fingerprint density at radius 1 is 0.955 bits per heavy atom. The summed E-state index contributed by atoms with van der Waals surface area (Å²) in [6.45, 7) is 11.4. The highest BCUT2D eigenvalue weighted by Crippen LogP contribution is 2.26.